The molecule has 27 heavy (non-hydrogen) atoms. The van der Waals surface area contributed by atoms with E-state index in [9.17, 15) is 9.18 Å². The molecular formula is C22H21FN2OS. The smallest absolute Gasteiger partial charge is 0.254 e. The lowest BCUT2D eigenvalue weighted by molar-refractivity contribution is 0.0947. The molecule has 0 aliphatic carbocycles. The molecule has 3 rings (SSSR count). The van der Waals surface area contributed by atoms with Crippen molar-refractivity contribution in [2.24, 2.45) is 0 Å². The Hall–Kier alpha value is -2.66. The van der Waals surface area contributed by atoms with Crippen LogP contribution in [0.5, 0.6) is 0 Å². The van der Waals surface area contributed by atoms with Gasteiger partial charge in [0.25, 0.3) is 5.91 Å². The van der Waals surface area contributed by atoms with Gasteiger partial charge in [0.1, 0.15) is 10.8 Å². The van der Waals surface area contributed by atoms with Gasteiger partial charge in [-0.15, -0.1) is 0 Å². The fourth-order valence-electron chi connectivity index (χ4n) is 2.63. The molecule has 2 aromatic carbocycles. The zero-order valence-corrected chi connectivity index (χ0v) is 16.4. The second-order valence-electron chi connectivity index (χ2n) is 6.47. The van der Waals surface area contributed by atoms with E-state index in [1.807, 2.05) is 6.07 Å². The number of hydrogen-bond donors (Lipinski definition) is 1. The predicted octanol–water partition coefficient (Wildman–Crippen LogP) is 5.23. The summed E-state index contributed by atoms with van der Waals surface area (Å²) in [6.07, 6.45) is 1.68. The van der Waals surface area contributed by atoms with Crippen LogP contribution in [0.15, 0.2) is 64.6 Å². The summed E-state index contributed by atoms with van der Waals surface area (Å²) >= 11 is 1.47. The highest BCUT2D eigenvalue weighted by Gasteiger charge is 2.14. The Kier molecular flexibility index (Phi) is 5.91. The zero-order valence-electron chi connectivity index (χ0n) is 15.5. The Labute approximate surface area is 163 Å². The highest BCUT2D eigenvalue weighted by molar-refractivity contribution is 7.99. The van der Waals surface area contributed by atoms with Crippen LogP contribution in [0, 0.1) is 26.6 Å². The Morgan fingerprint density at radius 3 is 2.59 bits per heavy atom. The number of halogens is 1. The third kappa shape index (κ3) is 4.74. The van der Waals surface area contributed by atoms with E-state index in [0.717, 1.165) is 10.5 Å². The molecule has 138 valence electrons. The third-order valence-corrected chi connectivity index (χ3v) is 5.39. The summed E-state index contributed by atoms with van der Waals surface area (Å²) in [5.74, 6) is -0.444. The van der Waals surface area contributed by atoms with Crippen LogP contribution in [0.4, 0.5) is 4.39 Å². The van der Waals surface area contributed by atoms with Crippen LogP contribution >= 0.6 is 11.8 Å². The minimum atomic E-state index is -0.246. The number of nitrogens with one attached hydrogen (secondary N) is 1. The number of hydrogen-bond acceptors (Lipinski definition) is 3. The summed E-state index contributed by atoms with van der Waals surface area (Å²) < 4.78 is 13.4. The fraction of sp³-hybridized carbons (Fsp3) is 0.182. The maximum atomic E-state index is 13.4. The van der Waals surface area contributed by atoms with Gasteiger partial charge < -0.3 is 5.32 Å². The van der Waals surface area contributed by atoms with E-state index in [4.69, 9.17) is 0 Å². The van der Waals surface area contributed by atoms with E-state index < -0.39 is 0 Å². The van der Waals surface area contributed by atoms with Crippen LogP contribution in [0.2, 0.25) is 0 Å². The SMILES string of the molecule is Cc1ccc(Sc2ncccc2C(=O)NCc2ccc(F)c(C)c2)cc1C. The lowest BCUT2D eigenvalue weighted by Gasteiger charge is -2.10. The Morgan fingerprint density at radius 1 is 1.04 bits per heavy atom. The molecule has 0 saturated heterocycles. The maximum Gasteiger partial charge on any atom is 0.254 e. The summed E-state index contributed by atoms with van der Waals surface area (Å²) in [4.78, 5) is 18.1. The lowest BCUT2D eigenvalue weighted by atomic mass is 10.1. The second kappa shape index (κ2) is 8.35. The molecule has 1 aromatic heterocycles. The van der Waals surface area contributed by atoms with Gasteiger partial charge in [-0.05, 0) is 73.4 Å². The molecular weight excluding hydrogens is 359 g/mol. The van der Waals surface area contributed by atoms with Crippen molar-refractivity contribution in [3.8, 4) is 0 Å². The first-order chi connectivity index (χ1) is 12.9. The van der Waals surface area contributed by atoms with Gasteiger partial charge in [-0.1, -0.05) is 30.0 Å². The highest BCUT2D eigenvalue weighted by atomic mass is 32.2. The number of carbonyl (C=O) groups is 1. The van der Waals surface area contributed by atoms with E-state index >= 15 is 0 Å². The van der Waals surface area contributed by atoms with E-state index in [0.29, 0.717) is 22.7 Å². The van der Waals surface area contributed by atoms with E-state index in [-0.39, 0.29) is 11.7 Å². The van der Waals surface area contributed by atoms with Gasteiger partial charge in [0.2, 0.25) is 0 Å². The van der Waals surface area contributed by atoms with E-state index in [1.165, 1.54) is 29.0 Å². The summed E-state index contributed by atoms with van der Waals surface area (Å²) in [6.45, 7) is 6.18. The zero-order chi connectivity index (χ0) is 19.4. The molecule has 3 nitrogen and oxygen atoms in total. The predicted molar refractivity (Wildman–Crippen MR) is 107 cm³/mol. The maximum absolute atomic E-state index is 13.4. The van der Waals surface area contributed by atoms with Gasteiger partial charge in [0.05, 0.1) is 5.56 Å². The van der Waals surface area contributed by atoms with Crippen LogP contribution in [0.1, 0.15) is 32.6 Å². The molecule has 0 aliphatic heterocycles. The molecule has 3 aromatic rings. The summed E-state index contributed by atoms with van der Waals surface area (Å²) in [5.41, 5.74) is 4.38. The number of amides is 1. The van der Waals surface area contributed by atoms with Crippen LogP contribution in [0.25, 0.3) is 0 Å². The van der Waals surface area contributed by atoms with Crippen molar-refractivity contribution in [3.05, 3.63) is 88.4 Å². The molecule has 0 fully saturated rings. The van der Waals surface area contributed by atoms with Gasteiger partial charge >= 0.3 is 0 Å². The van der Waals surface area contributed by atoms with Crippen molar-refractivity contribution >= 4 is 17.7 Å². The Balaban J connectivity index is 1.75. The van der Waals surface area contributed by atoms with Crippen molar-refractivity contribution in [2.75, 3.05) is 0 Å². The molecule has 0 bridgehead atoms. The van der Waals surface area contributed by atoms with E-state index in [2.05, 4.69) is 36.3 Å². The summed E-state index contributed by atoms with van der Waals surface area (Å²) in [7, 11) is 0. The van der Waals surface area contributed by atoms with Gasteiger partial charge in [-0.2, -0.15) is 0 Å². The first kappa shape index (κ1) is 19.1. The number of aromatic nitrogens is 1. The molecule has 0 radical (unpaired) electrons. The van der Waals surface area contributed by atoms with Crippen molar-refractivity contribution in [1.82, 2.24) is 10.3 Å². The highest BCUT2D eigenvalue weighted by Crippen LogP contribution is 2.30. The van der Waals surface area contributed by atoms with Gasteiger partial charge in [-0.3, -0.25) is 4.79 Å². The van der Waals surface area contributed by atoms with Crippen molar-refractivity contribution in [3.63, 3.8) is 0 Å². The number of nitrogens with zero attached hydrogens (tertiary/aromatic N) is 1. The molecule has 0 spiro atoms. The first-order valence-corrected chi connectivity index (χ1v) is 9.49. The van der Waals surface area contributed by atoms with Gasteiger partial charge in [-0.25, -0.2) is 9.37 Å². The summed E-state index contributed by atoms with van der Waals surface area (Å²) in [6, 6.07) is 14.5. The number of benzene rings is 2. The number of aryl methyl sites for hydroxylation is 3. The lowest BCUT2D eigenvalue weighted by Crippen LogP contribution is -2.23. The van der Waals surface area contributed by atoms with Crippen LogP contribution in [-0.4, -0.2) is 10.9 Å². The molecule has 0 unspecified atom stereocenters. The number of pyridine rings is 1. The van der Waals surface area contributed by atoms with Crippen LogP contribution in [0.3, 0.4) is 0 Å². The Morgan fingerprint density at radius 2 is 1.85 bits per heavy atom. The second-order valence-corrected chi connectivity index (χ2v) is 7.53. The van der Waals surface area contributed by atoms with E-state index in [1.54, 1.807) is 37.4 Å². The van der Waals surface area contributed by atoms with Crippen molar-refractivity contribution in [2.45, 2.75) is 37.2 Å². The first-order valence-electron chi connectivity index (χ1n) is 8.67. The largest absolute Gasteiger partial charge is 0.348 e. The van der Waals surface area contributed by atoms with Crippen molar-refractivity contribution < 1.29 is 9.18 Å². The van der Waals surface area contributed by atoms with Crippen molar-refractivity contribution in [1.29, 1.82) is 0 Å². The van der Waals surface area contributed by atoms with Crippen LogP contribution in [-0.2, 0) is 6.54 Å². The average molecular weight is 380 g/mol. The van der Waals surface area contributed by atoms with Gasteiger partial charge in [0, 0.05) is 17.6 Å². The van der Waals surface area contributed by atoms with Crippen LogP contribution < -0.4 is 5.32 Å². The minimum absolute atomic E-state index is 0.198. The standard InChI is InChI=1S/C22H21FN2OS/c1-14-6-8-18(12-15(14)2)27-22-19(5-4-10-24-22)21(26)25-13-17-7-9-20(23)16(3)11-17/h4-12H,13H2,1-3H3,(H,25,26). The Bertz CT molecular complexity index is 988. The number of carbonyl (C=O) groups excluding carboxylic acids is 1. The van der Waals surface area contributed by atoms with Gasteiger partial charge in [0.15, 0.2) is 0 Å². The molecule has 0 atom stereocenters. The molecule has 1 heterocycles. The molecule has 0 saturated carbocycles. The minimum Gasteiger partial charge on any atom is -0.348 e. The number of rotatable bonds is 5. The quantitative estimate of drug-likeness (QED) is 0.659. The summed E-state index contributed by atoms with van der Waals surface area (Å²) in [5, 5.41) is 3.55. The third-order valence-electron chi connectivity index (χ3n) is 4.38. The normalized spacial score (nSPS) is 10.7. The topological polar surface area (TPSA) is 42.0 Å². The molecule has 0 aliphatic rings. The average Bonchev–Trinajstić information content (AvgIpc) is 2.66. The molecule has 5 heteroatoms. The fourth-order valence-corrected chi connectivity index (χ4v) is 3.61. The molecule has 1 amide bonds. The molecule has 1 N–H and O–H groups in total. The monoisotopic (exact) mass is 380 g/mol.